The molecular weight excluding hydrogens is 208 g/mol. The lowest BCUT2D eigenvalue weighted by molar-refractivity contribution is 0.751. The third-order valence-corrected chi connectivity index (χ3v) is 2.76. The summed E-state index contributed by atoms with van der Waals surface area (Å²) in [4.78, 5) is 4.51. The number of fused-ring (bicyclic) bond motifs is 1. The molecule has 1 N–H and O–H groups in total. The van der Waals surface area contributed by atoms with Crippen LogP contribution < -0.4 is 5.32 Å². The summed E-state index contributed by atoms with van der Waals surface area (Å²) in [5, 5.41) is 4.11. The van der Waals surface area contributed by atoms with E-state index in [1.54, 1.807) is 0 Å². The number of unbranched alkanes of at least 4 members (excludes halogenated alkanes) is 1. The average molecular weight is 223 g/mol. The average Bonchev–Trinajstić information content (AvgIpc) is 2.60. The van der Waals surface area contributed by atoms with Crippen LogP contribution in [0.3, 0.4) is 0 Å². The van der Waals surface area contributed by atoms with Crippen molar-refractivity contribution in [1.29, 1.82) is 0 Å². The van der Waals surface area contributed by atoms with Crippen LogP contribution in [0.2, 0.25) is 5.02 Å². The van der Waals surface area contributed by atoms with Crippen LogP contribution in [0.5, 0.6) is 0 Å². The second-order valence-corrected chi connectivity index (χ2v) is 4.23. The van der Waals surface area contributed by atoms with Crippen molar-refractivity contribution in [1.82, 2.24) is 5.32 Å². The van der Waals surface area contributed by atoms with Gasteiger partial charge in [0.25, 0.3) is 0 Å². The van der Waals surface area contributed by atoms with E-state index in [0.717, 1.165) is 29.5 Å². The molecule has 2 rings (SSSR count). The van der Waals surface area contributed by atoms with Gasteiger partial charge in [0.1, 0.15) is 5.84 Å². The van der Waals surface area contributed by atoms with Gasteiger partial charge in [0.05, 0.1) is 5.69 Å². The fraction of sp³-hybridized carbons (Fsp3) is 0.417. The van der Waals surface area contributed by atoms with E-state index >= 15 is 0 Å². The summed E-state index contributed by atoms with van der Waals surface area (Å²) in [5.41, 5.74) is 2.28. The highest BCUT2D eigenvalue weighted by atomic mass is 35.5. The number of nitrogens with zero attached hydrogens (tertiary/aromatic N) is 1. The molecule has 0 atom stereocenters. The molecule has 0 radical (unpaired) electrons. The lowest BCUT2D eigenvalue weighted by atomic mass is 10.1. The molecule has 0 saturated heterocycles. The molecule has 0 spiro atoms. The number of amidine groups is 1. The Morgan fingerprint density at radius 3 is 3.13 bits per heavy atom. The summed E-state index contributed by atoms with van der Waals surface area (Å²) >= 11 is 5.91. The summed E-state index contributed by atoms with van der Waals surface area (Å²) in [6.07, 6.45) is 3.31. The number of aliphatic imine (C=N–C) groups is 1. The minimum Gasteiger partial charge on any atom is -0.373 e. The fourth-order valence-corrected chi connectivity index (χ4v) is 1.83. The Bertz CT molecular complexity index is 385. The van der Waals surface area contributed by atoms with E-state index in [1.165, 1.54) is 18.4 Å². The summed E-state index contributed by atoms with van der Waals surface area (Å²) in [6, 6.07) is 5.89. The molecule has 1 aliphatic rings. The van der Waals surface area contributed by atoms with E-state index in [-0.39, 0.29) is 0 Å². The Morgan fingerprint density at radius 2 is 2.33 bits per heavy atom. The Hall–Kier alpha value is -1.02. The second-order valence-electron chi connectivity index (χ2n) is 3.79. The Labute approximate surface area is 95.4 Å². The molecule has 2 nitrogen and oxygen atoms in total. The highest BCUT2D eigenvalue weighted by Gasteiger charge is 2.13. The van der Waals surface area contributed by atoms with Gasteiger partial charge >= 0.3 is 0 Å². The molecule has 1 aromatic carbocycles. The first-order valence-electron chi connectivity index (χ1n) is 5.39. The summed E-state index contributed by atoms with van der Waals surface area (Å²) in [6.45, 7) is 3.20. The first kappa shape index (κ1) is 10.5. The molecule has 0 saturated carbocycles. The molecule has 0 bridgehead atoms. The van der Waals surface area contributed by atoms with Crippen LogP contribution in [0, 0.1) is 0 Å². The molecule has 0 amide bonds. The van der Waals surface area contributed by atoms with E-state index in [2.05, 4.69) is 23.3 Å². The zero-order chi connectivity index (χ0) is 10.7. The van der Waals surface area contributed by atoms with Gasteiger partial charge in [-0.1, -0.05) is 31.0 Å². The van der Waals surface area contributed by atoms with Crippen LogP contribution in [-0.4, -0.2) is 12.4 Å². The molecule has 0 aromatic heterocycles. The largest absolute Gasteiger partial charge is 0.373 e. The molecule has 80 valence electrons. The van der Waals surface area contributed by atoms with Gasteiger partial charge < -0.3 is 5.32 Å². The van der Waals surface area contributed by atoms with Gasteiger partial charge in [-0.15, -0.1) is 0 Å². The molecule has 0 unspecified atom stereocenters. The van der Waals surface area contributed by atoms with E-state index < -0.39 is 0 Å². The van der Waals surface area contributed by atoms with Crippen molar-refractivity contribution < 1.29 is 0 Å². The quantitative estimate of drug-likeness (QED) is 0.780. The Kier molecular flexibility index (Phi) is 3.27. The molecular formula is C12H15ClN2. The lowest BCUT2D eigenvalue weighted by Gasteiger charge is -2.03. The highest BCUT2D eigenvalue weighted by Crippen LogP contribution is 2.28. The molecule has 15 heavy (non-hydrogen) atoms. The van der Waals surface area contributed by atoms with E-state index in [9.17, 15) is 0 Å². The molecule has 3 heteroatoms. The number of nitrogens with one attached hydrogen (secondary N) is 1. The van der Waals surface area contributed by atoms with Crippen LogP contribution in [0.4, 0.5) is 5.69 Å². The zero-order valence-corrected chi connectivity index (χ0v) is 9.64. The van der Waals surface area contributed by atoms with Crippen molar-refractivity contribution >= 4 is 23.1 Å². The van der Waals surface area contributed by atoms with Crippen molar-refractivity contribution in [3.05, 3.63) is 28.8 Å². The topological polar surface area (TPSA) is 24.4 Å². The van der Waals surface area contributed by atoms with Crippen LogP contribution in [0.15, 0.2) is 23.2 Å². The summed E-state index contributed by atoms with van der Waals surface area (Å²) in [7, 11) is 0. The lowest BCUT2D eigenvalue weighted by Crippen LogP contribution is -2.24. The highest BCUT2D eigenvalue weighted by molar-refractivity contribution is 6.30. The van der Waals surface area contributed by atoms with E-state index in [1.807, 2.05) is 12.1 Å². The van der Waals surface area contributed by atoms with Crippen molar-refractivity contribution in [2.24, 2.45) is 4.99 Å². The maximum Gasteiger partial charge on any atom is 0.107 e. The number of rotatable bonds is 3. The standard InChI is InChI=1S/C12H15ClN2/c1-2-3-6-14-12-7-9-4-5-10(13)8-11(9)15-12/h4-5,8H,2-3,6-7H2,1H3,(H,14,15). The monoisotopic (exact) mass is 222 g/mol. The van der Waals surface area contributed by atoms with Crippen molar-refractivity contribution in [3.63, 3.8) is 0 Å². The molecule has 1 aliphatic heterocycles. The fourth-order valence-electron chi connectivity index (χ4n) is 1.67. The SMILES string of the molecule is CCCCNC1=Nc2cc(Cl)ccc2C1. The predicted octanol–water partition coefficient (Wildman–Crippen LogP) is 3.32. The van der Waals surface area contributed by atoms with E-state index in [0.29, 0.717) is 0 Å². The Morgan fingerprint density at radius 1 is 1.47 bits per heavy atom. The van der Waals surface area contributed by atoms with Crippen molar-refractivity contribution in [3.8, 4) is 0 Å². The molecule has 1 aromatic rings. The van der Waals surface area contributed by atoms with Crippen LogP contribution in [0.25, 0.3) is 0 Å². The van der Waals surface area contributed by atoms with E-state index in [4.69, 9.17) is 11.6 Å². The summed E-state index contributed by atoms with van der Waals surface area (Å²) in [5.74, 6) is 1.07. The predicted molar refractivity (Wildman–Crippen MR) is 65.2 cm³/mol. The molecule has 0 aliphatic carbocycles. The van der Waals surface area contributed by atoms with Crippen molar-refractivity contribution in [2.75, 3.05) is 6.54 Å². The smallest absolute Gasteiger partial charge is 0.107 e. The maximum absolute atomic E-state index is 5.91. The zero-order valence-electron chi connectivity index (χ0n) is 8.89. The molecule has 0 fully saturated rings. The first-order chi connectivity index (χ1) is 7.29. The first-order valence-corrected chi connectivity index (χ1v) is 5.77. The third kappa shape index (κ3) is 2.51. The van der Waals surface area contributed by atoms with Gasteiger partial charge in [-0.2, -0.15) is 0 Å². The number of benzene rings is 1. The van der Waals surface area contributed by atoms with Gasteiger partial charge in [-0.05, 0) is 24.1 Å². The third-order valence-electron chi connectivity index (χ3n) is 2.52. The summed E-state index contributed by atoms with van der Waals surface area (Å²) < 4.78 is 0. The van der Waals surface area contributed by atoms with Gasteiger partial charge in [-0.3, -0.25) is 0 Å². The van der Waals surface area contributed by atoms with Crippen LogP contribution in [0.1, 0.15) is 25.3 Å². The van der Waals surface area contributed by atoms with Crippen molar-refractivity contribution in [2.45, 2.75) is 26.2 Å². The Balaban J connectivity index is 2.00. The number of halogens is 1. The minimum atomic E-state index is 0.757. The van der Waals surface area contributed by atoms with Gasteiger partial charge in [-0.25, -0.2) is 4.99 Å². The number of hydrogen-bond donors (Lipinski definition) is 1. The van der Waals surface area contributed by atoms with Gasteiger partial charge in [0.15, 0.2) is 0 Å². The second kappa shape index (κ2) is 4.67. The molecule has 1 heterocycles. The minimum absolute atomic E-state index is 0.757. The van der Waals surface area contributed by atoms with Crippen LogP contribution in [-0.2, 0) is 6.42 Å². The maximum atomic E-state index is 5.91. The normalized spacial score (nSPS) is 13.6. The van der Waals surface area contributed by atoms with Crippen LogP contribution >= 0.6 is 11.6 Å². The number of hydrogen-bond acceptors (Lipinski definition) is 2. The van der Waals surface area contributed by atoms with Gasteiger partial charge in [0, 0.05) is 18.0 Å². The van der Waals surface area contributed by atoms with Gasteiger partial charge in [0.2, 0.25) is 0 Å².